The molecule has 0 heterocycles. The molecule has 0 saturated carbocycles. The number of quaternary nitrogens is 2. The van der Waals surface area contributed by atoms with Crippen molar-refractivity contribution in [3.63, 3.8) is 0 Å². The van der Waals surface area contributed by atoms with E-state index in [1.807, 2.05) is 0 Å². The molecule has 2 nitrogen and oxygen atoms in total. The van der Waals surface area contributed by atoms with Gasteiger partial charge in [-0.2, -0.15) is 0 Å². The zero-order chi connectivity index (χ0) is 7.49. The first kappa shape index (κ1) is 8.92. The lowest BCUT2D eigenvalue weighted by Crippen LogP contribution is -3.06. The summed E-state index contributed by atoms with van der Waals surface area (Å²) in [5, 5.41) is 0. The highest BCUT2D eigenvalue weighted by Crippen LogP contribution is 1.95. The molecule has 9 heavy (non-hydrogen) atoms. The molecule has 0 aromatic heterocycles. The Morgan fingerprint density at radius 2 is 1.78 bits per heavy atom. The number of nitrogens with one attached hydrogen (secondary N) is 1. The maximum absolute atomic E-state index is 4.03. The van der Waals surface area contributed by atoms with E-state index in [2.05, 4.69) is 33.7 Å². The van der Waals surface area contributed by atoms with Gasteiger partial charge in [-0.25, -0.2) is 0 Å². The zero-order valence-corrected chi connectivity index (χ0v) is 7.12. The van der Waals surface area contributed by atoms with Crippen LogP contribution in [0, 0.1) is 0 Å². The summed E-state index contributed by atoms with van der Waals surface area (Å²) in [7, 11) is 4.34. The van der Waals surface area contributed by atoms with Crippen LogP contribution < -0.4 is 10.6 Å². The lowest BCUT2D eigenvalue weighted by atomic mass is 10.0. The zero-order valence-electron chi connectivity index (χ0n) is 7.12. The van der Waals surface area contributed by atoms with Crippen LogP contribution in [0.2, 0.25) is 0 Å². The molecular formula is C7H20N2+2. The van der Waals surface area contributed by atoms with Crippen LogP contribution in [0.5, 0.6) is 0 Å². The van der Waals surface area contributed by atoms with E-state index in [-0.39, 0.29) is 5.54 Å². The molecule has 0 aliphatic rings. The second kappa shape index (κ2) is 3.18. The summed E-state index contributed by atoms with van der Waals surface area (Å²) in [4.78, 5) is 1.51. The van der Waals surface area contributed by atoms with E-state index in [9.17, 15) is 0 Å². The first-order valence-electron chi connectivity index (χ1n) is 3.56. The van der Waals surface area contributed by atoms with Gasteiger partial charge in [-0.15, -0.1) is 0 Å². The van der Waals surface area contributed by atoms with Gasteiger partial charge >= 0.3 is 0 Å². The second-order valence-electron chi connectivity index (χ2n) is 3.87. The molecule has 0 aliphatic carbocycles. The minimum absolute atomic E-state index is 0.261. The normalized spacial score (nSPS) is 12.7. The summed E-state index contributed by atoms with van der Waals surface area (Å²) >= 11 is 0. The largest absolute Gasteiger partial charge is 0.353 e. The Labute approximate surface area is 58.0 Å². The van der Waals surface area contributed by atoms with Gasteiger partial charge in [0.1, 0.15) is 0 Å². The third-order valence-corrected chi connectivity index (χ3v) is 1.30. The topological polar surface area (TPSA) is 32.1 Å². The Hall–Kier alpha value is -0.0800. The Morgan fingerprint density at radius 3 is 1.89 bits per heavy atom. The molecule has 0 radical (unpaired) electrons. The van der Waals surface area contributed by atoms with Crippen molar-refractivity contribution in [2.45, 2.75) is 25.8 Å². The first-order chi connectivity index (χ1) is 3.92. The molecule has 0 aromatic rings. The number of hydrogen-bond donors (Lipinski definition) is 2. The minimum Gasteiger partial charge on any atom is -0.353 e. The Morgan fingerprint density at radius 1 is 1.33 bits per heavy atom. The Kier molecular flexibility index (Phi) is 3.15. The average Bonchev–Trinajstić information content (AvgIpc) is 1.59. The monoisotopic (exact) mass is 132 g/mol. The van der Waals surface area contributed by atoms with Crippen LogP contribution >= 0.6 is 0 Å². The fraction of sp³-hybridized carbons (Fsp3) is 1.00. The van der Waals surface area contributed by atoms with E-state index in [1.165, 1.54) is 17.9 Å². The van der Waals surface area contributed by atoms with Gasteiger partial charge in [0, 0.05) is 0 Å². The maximum atomic E-state index is 4.03. The summed E-state index contributed by atoms with van der Waals surface area (Å²) in [5.74, 6) is 0. The van der Waals surface area contributed by atoms with E-state index in [1.54, 1.807) is 0 Å². The van der Waals surface area contributed by atoms with Crippen LogP contribution in [0.4, 0.5) is 0 Å². The highest BCUT2D eigenvalue weighted by molar-refractivity contribution is 4.60. The van der Waals surface area contributed by atoms with Crippen molar-refractivity contribution in [2.24, 2.45) is 0 Å². The Bertz CT molecular complexity index is 71.5. The standard InChI is InChI=1S/C7H18N2/c1-7(2,8)5-6-9(3)4/h5-6,8H2,1-4H3/p+2. The molecule has 0 saturated heterocycles. The van der Waals surface area contributed by atoms with E-state index >= 15 is 0 Å². The highest BCUT2D eigenvalue weighted by atomic mass is 15.1. The average molecular weight is 132 g/mol. The van der Waals surface area contributed by atoms with E-state index < -0.39 is 0 Å². The molecule has 4 N–H and O–H groups in total. The van der Waals surface area contributed by atoms with Crippen molar-refractivity contribution in [1.82, 2.24) is 0 Å². The molecular weight excluding hydrogens is 112 g/mol. The van der Waals surface area contributed by atoms with Crippen LogP contribution in [0.1, 0.15) is 20.3 Å². The molecule has 0 bridgehead atoms. The van der Waals surface area contributed by atoms with Crippen LogP contribution in [-0.4, -0.2) is 26.2 Å². The van der Waals surface area contributed by atoms with Crippen LogP contribution in [-0.2, 0) is 0 Å². The van der Waals surface area contributed by atoms with Crippen LogP contribution in [0.3, 0.4) is 0 Å². The number of hydrogen-bond acceptors (Lipinski definition) is 0. The highest BCUT2D eigenvalue weighted by Gasteiger charge is 2.15. The molecule has 2 heteroatoms. The quantitative estimate of drug-likeness (QED) is 0.470. The van der Waals surface area contributed by atoms with Gasteiger partial charge in [0.15, 0.2) is 0 Å². The summed E-state index contributed by atoms with van der Waals surface area (Å²) in [6.07, 6.45) is 1.20. The van der Waals surface area contributed by atoms with Crippen molar-refractivity contribution in [1.29, 1.82) is 0 Å². The first-order valence-corrected chi connectivity index (χ1v) is 3.56. The van der Waals surface area contributed by atoms with Gasteiger partial charge in [-0.1, -0.05) is 0 Å². The smallest absolute Gasteiger partial charge is 0.0943 e. The molecule has 0 fully saturated rings. The molecule has 56 valence electrons. The molecule has 0 aromatic carbocycles. The predicted molar refractivity (Wildman–Crippen MR) is 39.3 cm³/mol. The van der Waals surface area contributed by atoms with Crippen LogP contribution in [0.25, 0.3) is 0 Å². The predicted octanol–water partition coefficient (Wildman–Crippen LogP) is -1.46. The minimum atomic E-state index is 0.261. The van der Waals surface area contributed by atoms with Gasteiger partial charge in [0.2, 0.25) is 0 Å². The van der Waals surface area contributed by atoms with Crippen molar-refractivity contribution < 1.29 is 10.6 Å². The van der Waals surface area contributed by atoms with Crippen molar-refractivity contribution in [3.8, 4) is 0 Å². The molecule has 0 aliphatic heterocycles. The second-order valence-corrected chi connectivity index (χ2v) is 3.87. The molecule has 0 atom stereocenters. The van der Waals surface area contributed by atoms with Gasteiger partial charge < -0.3 is 10.6 Å². The van der Waals surface area contributed by atoms with E-state index in [4.69, 9.17) is 0 Å². The third-order valence-electron chi connectivity index (χ3n) is 1.30. The molecule has 0 amide bonds. The summed E-state index contributed by atoms with van der Waals surface area (Å²) in [5.41, 5.74) is 4.29. The van der Waals surface area contributed by atoms with E-state index in [0.717, 1.165) is 0 Å². The molecule has 0 unspecified atom stereocenters. The SMILES string of the molecule is C[NH+](C)CCC(C)(C)[NH3+]. The Balaban J connectivity index is 3.28. The fourth-order valence-electron chi connectivity index (χ4n) is 0.588. The third kappa shape index (κ3) is 7.92. The van der Waals surface area contributed by atoms with Gasteiger partial charge in [0.25, 0.3) is 0 Å². The van der Waals surface area contributed by atoms with E-state index in [0.29, 0.717) is 0 Å². The summed E-state index contributed by atoms with van der Waals surface area (Å²) in [6, 6.07) is 0. The van der Waals surface area contributed by atoms with Crippen LogP contribution in [0.15, 0.2) is 0 Å². The fourth-order valence-corrected chi connectivity index (χ4v) is 0.588. The summed E-state index contributed by atoms with van der Waals surface area (Å²) < 4.78 is 0. The van der Waals surface area contributed by atoms with Gasteiger partial charge in [-0.05, 0) is 13.8 Å². The van der Waals surface area contributed by atoms with Gasteiger partial charge in [0.05, 0.1) is 32.6 Å². The number of rotatable bonds is 3. The lowest BCUT2D eigenvalue weighted by molar-refractivity contribution is -0.860. The van der Waals surface area contributed by atoms with Crippen molar-refractivity contribution in [3.05, 3.63) is 0 Å². The molecule has 0 rings (SSSR count). The summed E-state index contributed by atoms with van der Waals surface area (Å²) in [6.45, 7) is 5.57. The van der Waals surface area contributed by atoms with Gasteiger partial charge in [-0.3, -0.25) is 0 Å². The van der Waals surface area contributed by atoms with Crippen molar-refractivity contribution in [2.75, 3.05) is 20.6 Å². The molecule has 0 spiro atoms. The maximum Gasteiger partial charge on any atom is 0.0943 e. The lowest BCUT2D eigenvalue weighted by Gasteiger charge is -2.15. The van der Waals surface area contributed by atoms with Crippen molar-refractivity contribution >= 4 is 0 Å².